The Morgan fingerprint density at radius 1 is 1.21 bits per heavy atom. The van der Waals surface area contributed by atoms with Crippen molar-refractivity contribution in [2.45, 2.75) is 45.3 Å². The van der Waals surface area contributed by atoms with E-state index in [1.54, 1.807) is 36.3 Å². The van der Waals surface area contributed by atoms with Gasteiger partial charge in [-0.25, -0.2) is 9.59 Å². The van der Waals surface area contributed by atoms with Crippen LogP contribution in [0.5, 0.6) is 5.75 Å². The van der Waals surface area contributed by atoms with Gasteiger partial charge in [0.2, 0.25) is 0 Å². The Hall–Kier alpha value is -2.24. The molecule has 1 saturated heterocycles. The Bertz CT molecular complexity index is 576. The molecule has 0 N–H and O–H groups in total. The molecule has 6 heteroatoms. The van der Waals surface area contributed by atoms with Crippen LogP contribution in [-0.4, -0.2) is 48.9 Å². The molecule has 1 heterocycles. The lowest BCUT2D eigenvalue weighted by atomic mass is 10.2. The summed E-state index contributed by atoms with van der Waals surface area (Å²) in [5, 5.41) is 0. The van der Waals surface area contributed by atoms with Crippen LogP contribution in [0.15, 0.2) is 24.3 Å². The van der Waals surface area contributed by atoms with E-state index in [1.807, 2.05) is 20.8 Å². The number of hydrogen-bond acceptors (Lipinski definition) is 5. The van der Waals surface area contributed by atoms with Gasteiger partial charge in [-0.2, -0.15) is 0 Å². The van der Waals surface area contributed by atoms with Gasteiger partial charge in [-0.1, -0.05) is 0 Å². The van der Waals surface area contributed by atoms with Crippen molar-refractivity contribution in [3.05, 3.63) is 29.8 Å². The Kier molecular flexibility index (Phi) is 5.70. The molecule has 1 aromatic carbocycles. The smallest absolute Gasteiger partial charge is 0.410 e. The Labute approximate surface area is 142 Å². The summed E-state index contributed by atoms with van der Waals surface area (Å²) in [5.41, 5.74) is -0.0816. The normalized spacial score (nSPS) is 17.5. The van der Waals surface area contributed by atoms with Gasteiger partial charge in [-0.3, -0.25) is 0 Å². The van der Waals surface area contributed by atoms with Crippen molar-refractivity contribution in [2.75, 3.05) is 20.3 Å². The first-order valence-corrected chi connectivity index (χ1v) is 8.11. The molecule has 1 fully saturated rings. The minimum atomic E-state index is -0.538. The predicted molar refractivity (Wildman–Crippen MR) is 89.2 cm³/mol. The lowest BCUT2D eigenvalue weighted by molar-refractivity contribution is 0.0106. The van der Waals surface area contributed by atoms with Crippen LogP contribution in [0, 0.1) is 0 Å². The molecule has 24 heavy (non-hydrogen) atoms. The molecule has 1 aliphatic rings. The number of benzene rings is 1. The van der Waals surface area contributed by atoms with E-state index in [2.05, 4.69) is 0 Å². The molecule has 1 aliphatic heterocycles. The minimum Gasteiger partial charge on any atom is -0.497 e. The summed E-state index contributed by atoms with van der Waals surface area (Å²) in [6, 6.07) is 6.59. The molecule has 0 radical (unpaired) electrons. The van der Waals surface area contributed by atoms with Gasteiger partial charge in [0.1, 0.15) is 18.0 Å². The highest BCUT2D eigenvalue weighted by atomic mass is 16.6. The highest BCUT2D eigenvalue weighted by molar-refractivity contribution is 5.89. The molecule has 1 atom stereocenters. The Morgan fingerprint density at radius 2 is 1.88 bits per heavy atom. The minimum absolute atomic E-state index is 0.137. The fourth-order valence-corrected chi connectivity index (χ4v) is 2.55. The molecule has 0 saturated carbocycles. The number of nitrogens with zero attached hydrogens (tertiary/aromatic N) is 1. The van der Waals surface area contributed by atoms with Gasteiger partial charge in [0.05, 0.1) is 18.7 Å². The standard InChI is InChI=1S/C18H25NO5/c1-18(2,3)24-17(21)19-11-5-6-14(19)12-23-16(20)13-7-9-15(22-4)10-8-13/h7-10,14H,5-6,11-12H2,1-4H3/t14-/m0/s1. The average molecular weight is 335 g/mol. The number of hydrogen-bond donors (Lipinski definition) is 0. The summed E-state index contributed by atoms with van der Waals surface area (Å²) >= 11 is 0. The number of likely N-dealkylation sites (tertiary alicyclic amines) is 1. The zero-order valence-electron chi connectivity index (χ0n) is 14.7. The van der Waals surface area contributed by atoms with Gasteiger partial charge in [-0.05, 0) is 57.9 Å². The zero-order chi connectivity index (χ0) is 17.7. The van der Waals surface area contributed by atoms with E-state index < -0.39 is 11.6 Å². The van der Waals surface area contributed by atoms with Crippen molar-refractivity contribution in [3.63, 3.8) is 0 Å². The second-order valence-corrected chi connectivity index (χ2v) is 6.80. The maximum Gasteiger partial charge on any atom is 0.410 e. The Balaban J connectivity index is 1.89. The quantitative estimate of drug-likeness (QED) is 0.790. The number of rotatable bonds is 4. The molecule has 132 valence electrons. The van der Waals surface area contributed by atoms with Crippen molar-refractivity contribution in [2.24, 2.45) is 0 Å². The lowest BCUT2D eigenvalue weighted by Gasteiger charge is -2.28. The third-order valence-corrected chi connectivity index (χ3v) is 3.74. The maximum atomic E-state index is 12.2. The van der Waals surface area contributed by atoms with E-state index in [9.17, 15) is 9.59 Å². The van der Waals surface area contributed by atoms with Crippen LogP contribution in [0.2, 0.25) is 0 Å². The first kappa shape index (κ1) is 18.1. The number of ether oxygens (including phenoxy) is 3. The molecule has 0 bridgehead atoms. The van der Waals surface area contributed by atoms with Crippen LogP contribution >= 0.6 is 0 Å². The lowest BCUT2D eigenvalue weighted by Crippen LogP contribution is -2.42. The third kappa shape index (κ3) is 4.88. The van der Waals surface area contributed by atoms with Crippen LogP contribution in [0.25, 0.3) is 0 Å². The summed E-state index contributed by atoms with van der Waals surface area (Å²) in [5.74, 6) is 0.270. The van der Waals surface area contributed by atoms with Crippen molar-refractivity contribution in [1.29, 1.82) is 0 Å². The van der Waals surface area contributed by atoms with E-state index in [1.165, 1.54) is 0 Å². The van der Waals surface area contributed by atoms with E-state index in [-0.39, 0.29) is 18.7 Å². The summed E-state index contributed by atoms with van der Waals surface area (Å²) in [6.45, 7) is 6.29. The first-order valence-electron chi connectivity index (χ1n) is 8.11. The molecular weight excluding hydrogens is 310 g/mol. The third-order valence-electron chi connectivity index (χ3n) is 3.74. The molecule has 0 aliphatic carbocycles. The number of amides is 1. The summed E-state index contributed by atoms with van der Waals surface area (Å²) in [7, 11) is 1.57. The molecule has 0 aromatic heterocycles. The van der Waals surface area contributed by atoms with E-state index >= 15 is 0 Å². The highest BCUT2D eigenvalue weighted by Crippen LogP contribution is 2.21. The van der Waals surface area contributed by atoms with Gasteiger partial charge in [-0.15, -0.1) is 0 Å². The van der Waals surface area contributed by atoms with Gasteiger partial charge in [0.25, 0.3) is 0 Å². The first-order chi connectivity index (χ1) is 11.3. The molecule has 1 aromatic rings. The molecule has 0 spiro atoms. The molecule has 2 rings (SSSR count). The predicted octanol–water partition coefficient (Wildman–Crippen LogP) is 3.25. The van der Waals surface area contributed by atoms with Crippen LogP contribution < -0.4 is 4.74 Å². The molecule has 0 unspecified atom stereocenters. The van der Waals surface area contributed by atoms with Crippen LogP contribution in [-0.2, 0) is 9.47 Å². The van der Waals surface area contributed by atoms with E-state index in [0.29, 0.717) is 17.9 Å². The second kappa shape index (κ2) is 7.55. The van der Waals surface area contributed by atoms with Crippen LogP contribution in [0.4, 0.5) is 4.79 Å². The number of carbonyl (C=O) groups excluding carboxylic acids is 2. The second-order valence-electron chi connectivity index (χ2n) is 6.80. The van der Waals surface area contributed by atoms with Gasteiger partial charge in [0.15, 0.2) is 0 Å². The number of methoxy groups -OCH3 is 1. The molecule has 1 amide bonds. The SMILES string of the molecule is COc1ccc(C(=O)OC[C@@H]2CCCN2C(=O)OC(C)(C)C)cc1. The van der Waals surface area contributed by atoms with Crippen LogP contribution in [0.1, 0.15) is 44.0 Å². The van der Waals surface area contributed by atoms with Crippen LogP contribution in [0.3, 0.4) is 0 Å². The zero-order valence-corrected chi connectivity index (χ0v) is 14.7. The number of carbonyl (C=O) groups is 2. The monoisotopic (exact) mass is 335 g/mol. The van der Waals surface area contributed by atoms with Crippen molar-refractivity contribution < 1.29 is 23.8 Å². The summed E-state index contributed by atoms with van der Waals surface area (Å²) in [6.07, 6.45) is 1.32. The van der Waals surface area contributed by atoms with Gasteiger partial charge >= 0.3 is 12.1 Å². The summed E-state index contributed by atoms with van der Waals surface area (Å²) in [4.78, 5) is 26.0. The van der Waals surface area contributed by atoms with Crippen molar-refractivity contribution in [1.82, 2.24) is 4.90 Å². The van der Waals surface area contributed by atoms with Gasteiger partial charge in [0, 0.05) is 6.54 Å². The van der Waals surface area contributed by atoms with Gasteiger partial charge < -0.3 is 19.1 Å². The summed E-state index contributed by atoms with van der Waals surface area (Å²) < 4.78 is 15.8. The van der Waals surface area contributed by atoms with E-state index in [0.717, 1.165) is 12.8 Å². The van der Waals surface area contributed by atoms with Crippen molar-refractivity contribution >= 4 is 12.1 Å². The largest absolute Gasteiger partial charge is 0.497 e. The Morgan fingerprint density at radius 3 is 2.46 bits per heavy atom. The maximum absolute atomic E-state index is 12.2. The average Bonchev–Trinajstić information content (AvgIpc) is 2.99. The van der Waals surface area contributed by atoms with E-state index in [4.69, 9.17) is 14.2 Å². The van der Waals surface area contributed by atoms with Crippen molar-refractivity contribution in [3.8, 4) is 5.75 Å². The fraction of sp³-hybridized carbons (Fsp3) is 0.556. The fourth-order valence-electron chi connectivity index (χ4n) is 2.55. The number of esters is 1. The molecule has 6 nitrogen and oxygen atoms in total. The highest BCUT2D eigenvalue weighted by Gasteiger charge is 2.33. The topological polar surface area (TPSA) is 65.1 Å². The molecular formula is C18H25NO5.